The lowest BCUT2D eigenvalue weighted by Gasteiger charge is -2.26. The predicted molar refractivity (Wildman–Crippen MR) is 124 cm³/mol. The summed E-state index contributed by atoms with van der Waals surface area (Å²) in [6.45, 7) is 1.11. The monoisotopic (exact) mass is 505 g/mol. The summed E-state index contributed by atoms with van der Waals surface area (Å²) in [6, 6.07) is 11.0. The Morgan fingerprint density at radius 1 is 1.09 bits per heavy atom. The Balaban J connectivity index is 1.69. The summed E-state index contributed by atoms with van der Waals surface area (Å²) in [4.78, 5) is 29.5. The van der Waals surface area contributed by atoms with Crippen LogP contribution in [-0.2, 0) is 30.8 Å². The molecule has 1 amide bonds. The molecular formula is C22H23N3O7S2. The van der Waals surface area contributed by atoms with Crippen LogP contribution in [0, 0.1) is 0 Å². The van der Waals surface area contributed by atoms with E-state index in [4.69, 9.17) is 14.2 Å². The van der Waals surface area contributed by atoms with Gasteiger partial charge in [-0.15, -0.1) is 0 Å². The molecule has 4 rings (SSSR count). The molecule has 0 saturated carbocycles. The van der Waals surface area contributed by atoms with Gasteiger partial charge in [0.05, 0.1) is 37.0 Å². The lowest BCUT2D eigenvalue weighted by Crippen LogP contribution is -2.40. The quantitative estimate of drug-likeness (QED) is 0.468. The molecule has 10 nitrogen and oxygen atoms in total. The van der Waals surface area contributed by atoms with E-state index in [9.17, 15) is 18.0 Å². The number of sulfonamides is 1. The molecule has 0 spiro atoms. The smallest absolute Gasteiger partial charge is 0.325 e. The Bertz CT molecular complexity index is 1390. The summed E-state index contributed by atoms with van der Waals surface area (Å²) in [5, 5.41) is 0. The van der Waals surface area contributed by atoms with Gasteiger partial charge in [0, 0.05) is 18.7 Å². The summed E-state index contributed by atoms with van der Waals surface area (Å²) in [6.07, 6.45) is 0. The van der Waals surface area contributed by atoms with Gasteiger partial charge in [-0.2, -0.15) is 9.30 Å². The van der Waals surface area contributed by atoms with Crippen molar-refractivity contribution < 1.29 is 32.2 Å². The fourth-order valence-corrected chi connectivity index (χ4v) is 6.00. The first-order valence-corrected chi connectivity index (χ1v) is 12.6. The van der Waals surface area contributed by atoms with Gasteiger partial charge in [-0.25, -0.2) is 8.42 Å². The molecule has 1 aromatic heterocycles. The standard InChI is InChI=1S/C22H23N3O7S2/c1-30-17-4-3-5-18-20(17)25(14-19(26)31-2)22(33-18)23-21(27)15-6-8-16(9-7-15)34(28,29)24-10-12-32-13-11-24/h3-9H,10-14H2,1-2H3. The maximum atomic E-state index is 12.9. The van der Waals surface area contributed by atoms with E-state index in [1.54, 1.807) is 16.7 Å². The van der Waals surface area contributed by atoms with Crippen molar-refractivity contribution in [3.8, 4) is 5.75 Å². The zero-order valence-corrected chi connectivity index (χ0v) is 20.2. The molecule has 1 aliphatic rings. The Kier molecular flexibility index (Phi) is 7.12. The predicted octanol–water partition coefficient (Wildman–Crippen LogP) is 1.65. The zero-order chi connectivity index (χ0) is 24.3. The van der Waals surface area contributed by atoms with Crippen LogP contribution in [0.15, 0.2) is 52.4 Å². The third kappa shape index (κ3) is 4.75. The number of nitrogens with zero attached hydrogens (tertiary/aromatic N) is 3. The van der Waals surface area contributed by atoms with Crippen molar-refractivity contribution in [1.82, 2.24) is 8.87 Å². The largest absolute Gasteiger partial charge is 0.495 e. The second-order valence-corrected chi connectivity index (χ2v) is 10.3. The van der Waals surface area contributed by atoms with Gasteiger partial charge in [-0.1, -0.05) is 17.4 Å². The molecule has 12 heteroatoms. The number of methoxy groups -OCH3 is 2. The van der Waals surface area contributed by atoms with Gasteiger partial charge >= 0.3 is 5.97 Å². The van der Waals surface area contributed by atoms with Crippen molar-refractivity contribution in [3.05, 3.63) is 52.8 Å². The number of morpholine rings is 1. The number of benzene rings is 2. The van der Waals surface area contributed by atoms with Crippen LogP contribution in [0.4, 0.5) is 0 Å². The van der Waals surface area contributed by atoms with Crippen LogP contribution < -0.4 is 9.54 Å². The summed E-state index contributed by atoms with van der Waals surface area (Å²) < 4.78 is 44.7. The van der Waals surface area contributed by atoms with Gasteiger partial charge in [-0.05, 0) is 36.4 Å². The van der Waals surface area contributed by atoms with E-state index in [0.29, 0.717) is 29.3 Å². The van der Waals surface area contributed by atoms with Crippen LogP contribution in [0.25, 0.3) is 10.2 Å². The number of thiazole rings is 1. The van der Waals surface area contributed by atoms with Gasteiger partial charge in [0.25, 0.3) is 5.91 Å². The molecule has 0 N–H and O–H groups in total. The van der Waals surface area contributed by atoms with Crippen LogP contribution >= 0.6 is 11.3 Å². The molecule has 1 aliphatic heterocycles. The fraction of sp³-hybridized carbons (Fsp3) is 0.318. The summed E-state index contributed by atoms with van der Waals surface area (Å²) >= 11 is 1.23. The number of esters is 1. The third-order valence-electron chi connectivity index (χ3n) is 5.31. The lowest BCUT2D eigenvalue weighted by atomic mass is 10.2. The number of carbonyl (C=O) groups is 2. The van der Waals surface area contributed by atoms with E-state index in [1.807, 2.05) is 6.07 Å². The topological polar surface area (TPSA) is 117 Å². The van der Waals surface area contributed by atoms with Crippen molar-refractivity contribution in [2.45, 2.75) is 11.4 Å². The van der Waals surface area contributed by atoms with E-state index in [1.165, 1.54) is 54.1 Å². The van der Waals surface area contributed by atoms with Gasteiger partial charge < -0.3 is 18.8 Å². The number of hydrogen-bond donors (Lipinski definition) is 0. The first-order chi connectivity index (χ1) is 16.3. The Hall–Kier alpha value is -3.06. The summed E-state index contributed by atoms with van der Waals surface area (Å²) in [5.41, 5.74) is 0.842. The normalized spacial score (nSPS) is 15.4. The Labute approximate surface area is 200 Å². The highest BCUT2D eigenvalue weighted by molar-refractivity contribution is 7.89. The number of fused-ring (bicyclic) bond motifs is 1. The molecular weight excluding hydrogens is 482 g/mol. The van der Waals surface area contributed by atoms with Crippen molar-refractivity contribution in [2.24, 2.45) is 4.99 Å². The molecule has 1 fully saturated rings. The van der Waals surface area contributed by atoms with Gasteiger partial charge in [-0.3, -0.25) is 9.59 Å². The molecule has 1 saturated heterocycles. The van der Waals surface area contributed by atoms with E-state index in [-0.39, 0.29) is 30.1 Å². The number of para-hydroxylation sites is 1. The van der Waals surface area contributed by atoms with E-state index < -0.39 is 21.9 Å². The maximum Gasteiger partial charge on any atom is 0.325 e. The number of amides is 1. The molecule has 3 aromatic rings. The van der Waals surface area contributed by atoms with Crippen LogP contribution in [0.2, 0.25) is 0 Å². The number of aromatic nitrogens is 1. The van der Waals surface area contributed by atoms with Gasteiger partial charge in [0.2, 0.25) is 10.0 Å². The molecule has 0 atom stereocenters. The average molecular weight is 506 g/mol. The number of rotatable bonds is 6. The molecule has 0 unspecified atom stereocenters. The highest BCUT2D eigenvalue weighted by Crippen LogP contribution is 2.27. The minimum atomic E-state index is -3.67. The number of ether oxygens (including phenoxy) is 3. The average Bonchev–Trinajstić information content (AvgIpc) is 3.21. The highest BCUT2D eigenvalue weighted by atomic mass is 32.2. The number of hydrogen-bond acceptors (Lipinski definition) is 8. The first kappa shape index (κ1) is 24.1. The molecule has 0 bridgehead atoms. The second-order valence-electron chi connectivity index (χ2n) is 7.31. The molecule has 180 valence electrons. The second kappa shape index (κ2) is 10.1. The Morgan fingerprint density at radius 2 is 1.79 bits per heavy atom. The summed E-state index contributed by atoms with van der Waals surface area (Å²) in [7, 11) is -0.869. The minimum Gasteiger partial charge on any atom is -0.495 e. The van der Waals surface area contributed by atoms with Crippen LogP contribution in [0.5, 0.6) is 5.75 Å². The maximum absolute atomic E-state index is 12.9. The summed E-state index contributed by atoms with van der Waals surface area (Å²) in [5.74, 6) is -0.541. The molecule has 34 heavy (non-hydrogen) atoms. The van der Waals surface area contributed by atoms with E-state index in [0.717, 1.165) is 4.70 Å². The van der Waals surface area contributed by atoms with Crippen molar-refractivity contribution in [2.75, 3.05) is 40.5 Å². The SMILES string of the molecule is COC(=O)Cn1c(=NC(=O)c2ccc(S(=O)(=O)N3CCOCC3)cc2)sc2cccc(OC)c21. The van der Waals surface area contributed by atoms with Gasteiger partial charge in [0.15, 0.2) is 4.80 Å². The van der Waals surface area contributed by atoms with E-state index >= 15 is 0 Å². The first-order valence-electron chi connectivity index (χ1n) is 10.4. The lowest BCUT2D eigenvalue weighted by molar-refractivity contribution is -0.141. The molecule has 2 aromatic carbocycles. The van der Waals surface area contributed by atoms with Crippen molar-refractivity contribution in [3.63, 3.8) is 0 Å². The Morgan fingerprint density at radius 3 is 2.44 bits per heavy atom. The van der Waals surface area contributed by atoms with Gasteiger partial charge in [0.1, 0.15) is 17.8 Å². The van der Waals surface area contributed by atoms with Crippen LogP contribution in [0.1, 0.15) is 10.4 Å². The molecule has 0 aliphatic carbocycles. The zero-order valence-electron chi connectivity index (χ0n) is 18.6. The molecule has 2 heterocycles. The van der Waals surface area contributed by atoms with Crippen LogP contribution in [-0.4, -0.2) is 69.7 Å². The third-order valence-corrected chi connectivity index (χ3v) is 8.26. The van der Waals surface area contributed by atoms with Crippen molar-refractivity contribution in [1.29, 1.82) is 0 Å². The fourth-order valence-electron chi connectivity index (χ4n) is 3.54. The van der Waals surface area contributed by atoms with Crippen LogP contribution in [0.3, 0.4) is 0 Å². The van der Waals surface area contributed by atoms with E-state index in [2.05, 4.69) is 4.99 Å². The molecule has 0 radical (unpaired) electrons. The number of carbonyl (C=O) groups excluding carboxylic acids is 2. The minimum absolute atomic E-state index is 0.0957. The highest BCUT2D eigenvalue weighted by Gasteiger charge is 2.26. The van der Waals surface area contributed by atoms with Crippen molar-refractivity contribution >= 4 is 43.5 Å².